The lowest BCUT2D eigenvalue weighted by Crippen LogP contribution is -2.24. The van der Waals surface area contributed by atoms with Crippen LogP contribution in [0.1, 0.15) is 36.0 Å². The Morgan fingerprint density at radius 3 is 2.63 bits per heavy atom. The van der Waals surface area contributed by atoms with Crippen LogP contribution >= 0.6 is 0 Å². The Balaban J connectivity index is 1.84. The van der Waals surface area contributed by atoms with Gasteiger partial charge in [-0.1, -0.05) is 0 Å². The van der Waals surface area contributed by atoms with E-state index >= 15 is 0 Å². The lowest BCUT2D eigenvalue weighted by Gasteiger charge is -2.23. The minimum atomic E-state index is -4.24. The minimum absolute atomic E-state index is 0.275. The lowest BCUT2D eigenvalue weighted by molar-refractivity contribution is -0.137. The van der Waals surface area contributed by atoms with E-state index in [1.165, 1.54) is 6.07 Å². The van der Waals surface area contributed by atoms with E-state index in [2.05, 4.69) is 4.90 Å². The number of rotatable bonds is 1. The summed E-state index contributed by atoms with van der Waals surface area (Å²) >= 11 is 0. The average Bonchev–Trinajstić information content (AvgIpc) is 3.10. The zero-order valence-corrected chi connectivity index (χ0v) is 10.5. The average molecular weight is 271 g/mol. The van der Waals surface area contributed by atoms with Crippen molar-refractivity contribution in [3.8, 4) is 0 Å². The van der Waals surface area contributed by atoms with Crippen LogP contribution in [0.15, 0.2) is 12.1 Å². The van der Waals surface area contributed by atoms with Gasteiger partial charge in [-0.2, -0.15) is 13.2 Å². The van der Waals surface area contributed by atoms with Crippen LogP contribution in [0.4, 0.5) is 18.9 Å². The van der Waals surface area contributed by atoms with E-state index in [-0.39, 0.29) is 6.10 Å². The molecule has 2 nitrogen and oxygen atoms in total. The molecule has 104 valence electrons. The number of halogens is 3. The molecule has 0 bridgehead atoms. The Kier molecular flexibility index (Phi) is 2.96. The first-order chi connectivity index (χ1) is 8.97. The monoisotopic (exact) mass is 271 g/mol. The number of benzene rings is 1. The largest absolute Gasteiger partial charge is 0.416 e. The molecular formula is C14H16F3NO. The first kappa shape index (κ1) is 12.8. The molecule has 1 aromatic rings. The molecule has 1 unspecified atom stereocenters. The van der Waals surface area contributed by atoms with E-state index < -0.39 is 11.7 Å². The molecule has 0 saturated carbocycles. The number of aliphatic hydroxyl groups is 1. The first-order valence-electron chi connectivity index (χ1n) is 6.62. The van der Waals surface area contributed by atoms with Crippen molar-refractivity contribution in [2.45, 2.75) is 38.0 Å². The smallest absolute Gasteiger partial charge is 0.393 e. The maximum atomic E-state index is 12.7. The van der Waals surface area contributed by atoms with Crippen molar-refractivity contribution < 1.29 is 18.3 Å². The zero-order chi connectivity index (χ0) is 13.6. The molecule has 1 heterocycles. The van der Waals surface area contributed by atoms with Crippen LogP contribution < -0.4 is 4.90 Å². The van der Waals surface area contributed by atoms with Gasteiger partial charge in [-0.05, 0) is 42.5 Å². The number of hydrogen-bond acceptors (Lipinski definition) is 2. The van der Waals surface area contributed by atoms with Crippen molar-refractivity contribution in [2.24, 2.45) is 0 Å². The van der Waals surface area contributed by atoms with Crippen molar-refractivity contribution in [3.05, 3.63) is 28.8 Å². The quantitative estimate of drug-likeness (QED) is 0.862. The van der Waals surface area contributed by atoms with Gasteiger partial charge in [-0.25, -0.2) is 0 Å². The summed E-state index contributed by atoms with van der Waals surface area (Å²) in [6.07, 6.45) is -1.71. The van der Waals surface area contributed by atoms with Crippen molar-refractivity contribution in [1.82, 2.24) is 0 Å². The molecule has 2 aliphatic rings. The van der Waals surface area contributed by atoms with Gasteiger partial charge in [-0.15, -0.1) is 0 Å². The van der Waals surface area contributed by atoms with Gasteiger partial charge in [0, 0.05) is 25.2 Å². The van der Waals surface area contributed by atoms with E-state index in [4.69, 9.17) is 0 Å². The molecule has 1 saturated heterocycles. The van der Waals surface area contributed by atoms with Crippen molar-refractivity contribution in [2.75, 3.05) is 18.0 Å². The van der Waals surface area contributed by atoms with Gasteiger partial charge in [0.25, 0.3) is 0 Å². The fraction of sp³-hybridized carbons (Fsp3) is 0.571. The molecule has 5 heteroatoms. The predicted molar refractivity (Wildman–Crippen MR) is 66.3 cm³/mol. The molecule has 0 aromatic heterocycles. The number of fused-ring (bicyclic) bond motifs is 1. The summed E-state index contributed by atoms with van der Waals surface area (Å²) in [5, 5.41) is 9.61. The van der Waals surface area contributed by atoms with Gasteiger partial charge in [0.2, 0.25) is 0 Å². The third-order valence-corrected chi connectivity index (χ3v) is 3.98. The lowest BCUT2D eigenvalue weighted by atomic mass is 10.2. The molecule has 1 fully saturated rings. The Labute approximate surface area is 109 Å². The number of hydrogen-bond donors (Lipinski definition) is 1. The standard InChI is InChI=1S/C14H16F3NO/c15-14(16,17)12-3-4-13(11-8-10(11)12)18-6-1-2-9(19)5-7-18/h3-4,9,19H,1-2,5-8H2. The molecule has 1 aliphatic carbocycles. The van der Waals surface area contributed by atoms with Gasteiger partial charge in [-0.3, -0.25) is 0 Å². The molecule has 1 aromatic carbocycles. The van der Waals surface area contributed by atoms with Crippen LogP contribution in [-0.2, 0) is 12.6 Å². The first-order valence-corrected chi connectivity index (χ1v) is 6.62. The van der Waals surface area contributed by atoms with Gasteiger partial charge >= 0.3 is 6.18 Å². The van der Waals surface area contributed by atoms with Gasteiger partial charge in [0.05, 0.1) is 11.7 Å². The van der Waals surface area contributed by atoms with Crippen molar-refractivity contribution in [3.63, 3.8) is 0 Å². The third kappa shape index (κ3) is 2.43. The third-order valence-electron chi connectivity index (χ3n) is 3.98. The molecule has 1 N–H and O–H groups in total. The number of alkyl halides is 3. The fourth-order valence-corrected chi connectivity index (χ4v) is 2.88. The van der Waals surface area contributed by atoms with E-state index in [0.717, 1.165) is 37.2 Å². The Morgan fingerprint density at radius 2 is 1.89 bits per heavy atom. The zero-order valence-electron chi connectivity index (χ0n) is 10.5. The van der Waals surface area contributed by atoms with Crippen LogP contribution in [-0.4, -0.2) is 24.3 Å². The number of anilines is 1. The van der Waals surface area contributed by atoms with Crippen LogP contribution in [0.3, 0.4) is 0 Å². The van der Waals surface area contributed by atoms with Gasteiger partial charge < -0.3 is 10.0 Å². The summed E-state index contributed by atoms with van der Waals surface area (Å²) in [6, 6.07) is 2.79. The Hall–Kier alpha value is -1.23. The van der Waals surface area contributed by atoms with E-state index in [1.54, 1.807) is 6.07 Å². The molecule has 1 atom stereocenters. The van der Waals surface area contributed by atoms with Crippen LogP contribution in [0.5, 0.6) is 0 Å². The summed E-state index contributed by atoms with van der Waals surface area (Å²) in [4.78, 5) is 2.11. The van der Waals surface area contributed by atoms with Gasteiger partial charge in [0.1, 0.15) is 0 Å². The van der Waals surface area contributed by atoms with Crippen LogP contribution in [0.25, 0.3) is 0 Å². The minimum Gasteiger partial charge on any atom is -0.393 e. The highest BCUT2D eigenvalue weighted by molar-refractivity contribution is 5.69. The molecule has 0 spiro atoms. The Bertz CT molecular complexity index is 498. The van der Waals surface area contributed by atoms with Crippen LogP contribution in [0, 0.1) is 0 Å². The van der Waals surface area contributed by atoms with E-state index in [0.29, 0.717) is 18.4 Å². The number of nitrogens with zero attached hydrogens (tertiary/aromatic N) is 1. The fourth-order valence-electron chi connectivity index (χ4n) is 2.88. The second-order valence-corrected chi connectivity index (χ2v) is 5.34. The second kappa shape index (κ2) is 4.40. The highest BCUT2D eigenvalue weighted by Crippen LogP contribution is 2.46. The molecule has 3 rings (SSSR count). The van der Waals surface area contributed by atoms with E-state index in [9.17, 15) is 18.3 Å². The maximum absolute atomic E-state index is 12.7. The summed E-state index contributed by atoms with van der Waals surface area (Å²) in [5.41, 5.74) is 1.74. The summed E-state index contributed by atoms with van der Waals surface area (Å²) in [7, 11) is 0. The SMILES string of the molecule is OC1CCCN(c2ccc(C(F)(F)F)c3c2C3)CC1. The topological polar surface area (TPSA) is 23.5 Å². The summed E-state index contributed by atoms with van der Waals surface area (Å²) in [6.45, 7) is 1.54. The van der Waals surface area contributed by atoms with Crippen molar-refractivity contribution >= 4 is 5.69 Å². The highest BCUT2D eigenvalue weighted by Gasteiger charge is 2.40. The molecule has 0 radical (unpaired) electrons. The van der Waals surface area contributed by atoms with Gasteiger partial charge in [0.15, 0.2) is 0 Å². The number of aliphatic hydroxyl groups excluding tert-OH is 1. The molecule has 0 amide bonds. The molecular weight excluding hydrogens is 255 g/mol. The molecule has 19 heavy (non-hydrogen) atoms. The predicted octanol–water partition coefficient (Wildman–Crippen LogP) is 2.96. The summed E-state index contributed by atoms with van der Waals surface area (Å²) in [5.74, 6) is 0. The highest BCUT2D eigenvalue weighted by atomic mass is 19.4. The van der Waals surface area contributed by atoms with Crippen molar-refractivity contribution in [1.29, 1.82) is 0 Å². The van der Waals surface area contributed by atoms with Crippen LogP contribution in [0.2, 0.25) is 0 Å². The van der Waals surface area contributed by atoms with E-state index in [1.807, 2.05) is 0 Å². The second-order valence-electron chi connectivity index (χ2n) is 5.34. The summed E-state index contributed by atoms with van der Waals surface area (Å²) < 4.78 is 38.2. The molecule has 1 aliphatic heterocycles. The Morgan fingerprint density at radius 1 is 1.11 bits per heavy atom. The normalized spacial score (nSPS) is 22.9. The maximum Gasteiger partial charge on any atom is 0.416 e.